The van der Waals surface area contributed by atoms with Gasteiger partial charge in [0.2, 0.25) is 0 Å². The fraction of sp³-hybridized carbons (Fsp3) is 0.440. The van der Waals surface area contributed by atoms with Gasteiger partial charge in [-0.05, 0) is 61.4 Å². The minimum atomic E-state index is -0.0946. The summed E-state index contributed by atoms with van der Waals surface area (Å²) in [6, 6.07) is 14.2. The topological polar surface area (TPSA) is 62.6 Å². The Kier molecular flexibility index (Phi) is 8.60. The third kappa shape index (κ3) is 7.30. The van der Waals surface area contributed by atoms with Crippen LogP contribution >= 0.6 is 0 Å². The van der Waals surface area contributed by atoms with Crippen LogP contribution in [0.15, 0.2) is 42.5 Å². The van der Waals surface area contributed by atoms with E-state index in [9.17, 15) is 9.59 Å². The summed E-state index contributed by atoms with van der Waals surface area (Å²) in [5, 5.41) is 5.98. The highest BCUT2D eigenvalue weighted by atomic mass is 16.2. The van der Waals surface area contributed by atoms with E-state index >= 15 is 0 Å². The van der Waals surface area contributed by atoms with Crippen molar-refractivity contribution < 1.29 is 14.5 Å². The van der Waals surface area contributed by atoms with Gasteiger partial charge >= 0.3 is 0 Å². The summed E-state index contributed by atoms with van der Waals surface area (Å²) >= 11 is 0. The molecule has 3 N–H and O–H groups in total. The van der Waals surface area contributed by atoms with Crippen LogP contribution in [0.4, 0.5) is 5.69 Å². The number of carbonyl (C=O) groups excluding carboxylic acids is 2. The molecule has 5 heteroatoms. The number of carbonyl (C=O) groups is 2. The highest BCUT2D eigenvalue weighted by molar-refractivity contribution is 5.92. The molecule has 0 bridgehead atoms. The third-order valence-corrected chi connectivity index (χ3v) is 5.30. The SMILES string of the molecule is Cc1cccc(NC(=O)C[NH+](C)CC(=O)N[C@@H](C)c2ccc(CC(C)C)cc2)c1C. The van der Waals surface area contributed by atoms with Gasteiger partial charge in [-0.2, -0.15) is 0 Å². The number of hydrogen-bond acceptors (Lipinski definition) is 2. The van der Waals surface area contributed by atoms with Gasteiger partial charge in [0, 0.05) is 5.69 Å². The van der Waals surface area contributed by atoms with Gasteiger partial charge < -0.3 is 15.5 Å². The number of quaternary nitrogens is 1. The molecule has 30 heavy (non-hydrogen) atoms. The number of anilines is 1. The fourth-order valence-corrected chi connectivity index (χ4v) is 3.48. The summed E-state index contributed by atoms with van der Waals surface area (Å²) < 4.78 is 0. The number of nitrogens with one attached hydrogen (secondary N) is 3. The fourth-order valence-electron chi connectivity index (χ4n) is 3.48. The van der Waals surface area contributed by atoms with Crippen molar-refractivity contribution in [1.82, 2.24) is 5.32 Å². The van der Waals surface area contributed by atoms with Gasteiger partial charge in [0.25, 0.3) is 11.8 Å². The van der Waals surface area contributed by atoms with Gasteiger partial charge in [-0.1, -0.05) is 50.2 Å². The first-order valence-corrected chi connectivity index (χ1v) is 10.7. The molecule has 0 heterocycles. The predicted molar refractivity (Wildman–Crippen MR) is 123 cm³/mol. The molecule has 2 amide bonds. The molecule has 0 aliphatic carbocycles. The van der Waals surface area contributed by atoms with Gasteiger partial charge in [0.1, 0.15) is 0 Å². The average Bonchev–Trinajstić information content (AvgIpc) is 2.65. The number of likely N-dealkylation sites (N-methyl/N-ethyl adjacent to an activating group) is 1. The summed E-state index contributed by atoms with van der Waals surface area (Å²) in [7, 11) is 1.85. The van der Waals surface area contributed by atoms with Crippen molar-refractivity contribution in [3.8, 4) is 0 Å². The maximum Gasteiger partial charge on any atom is 0.279 e. The van der Waals surface area contributed by atoms with Crippen LogP contribution in [0.25, 0.3) is 0 Å². The van der Waals surface area contributed by atoms with E-state index < -0.39 is 0 Å². The average molecular weight is 411 g/mol. The molecule has 2 aromatic carbocycles. The van der Waals surface area contributed by atoms with Crippen molar-refractivity contribution in [2.45, 2.75) is 47.1 Å². The van der Waals surface area contributed by atoms with Crippen molar-refractivity contribution in [3.63, 3.8) is 0 Å². The lowest BCUT2D eigenvalue weighted by Gasteiger charge is -2.18. The molecule has 0 radical (unpaired) electrons. The molecule has 2 aromatic rings. The zero-order valence-electron chi connectivity index (χ0n) is 19.1. The first kappa shape index (κ1) is 23.6. The van der Waals surface area contributed by atoms with Gasteiger partial charge in [-0.3, -0.25) is 9.59 Å². The Morgan fingerprint density at radius 2 is 1.57 bits per heavy atom. The van der Waals surface area contributed by atoms with Crippen LogP contribution < -0.4 is 15.5 Å². The number of benzene rings is 2. The van der Waals surface area contributed by atoms with Gasteiger partial charge in [-0.25, -0.2) is 0 Å². The smallest absolute Gasteiger partial charge is 0.279 e. The second kappa shape index (κ2) is 10.9. The second-order valence-corrected chi connectivity index (χ2v) is 8.74. The van der Waals surface area contributed by atoms with E-state index in [2.05, 4.69) is 48.7 Å². The van der Waals surface area contributed by atoms with Crippen molar-refractivity contribution in [2.75, 3.05) is 25.5 Å². The third-order valence-electron chi connectivity index (χ3n) is 5.30. The maximum atomic E-state index is 12.4. The lowest BCUT2D eigenvalue weighted by atomic mass is 10.00. The summed E-state index contributed by atoms with van der Waals surface area (Å²) in [4.78, 5) is 25.6. The van der Waals surface area contributed by atoms with E-state index in [0.29, 0.717) is 5.92 Å². The molecule has 0 aliphatic rings. The summed E-state index contributed by atoms with van der Waals surface area (Å²) in [5.41, 5.74) is 5.42. The Labute approximate surface area is 180 Å². The van der Waals surface area contributed by atoms with Crippen LogP contribution in [0.3, 0.4) is 0 Å². The van der Waals surface area contributed by atoms with Gasteiger partial charge in [0.15, 0.2) is 13.1 Å². The molecule has 162 valence electrons. The zero-order valence-corrected chi connectivity index (χ0v) is 19.1. The Bertz CT molecular complexity index is 859. The zero-order chi connectivity index (χ0) is 22.3. The predicted octanol–water partition coefficient (Wildman–Crippen LogP) is 2.83. The van der Waals surface area contributed by atoms with E-state index in [0.717, 1.165) is 33.7 Å². The minimum absolute atomic E-state index is 0.0641. The molecular formula is C25H36N3O2+. The second-order valence-electron chi connectivity index (χ2n) is 8.74. The lowest BCUT2D eigenvalue weighted by molar-refractivity contribution is -0.862. The largest absolute Gasteiger partial charge is 0.345 e. The Morgan fingerprint density at radius 3 is 2.20 bits per heavy atom. The van der Waals surface area contributed by atoms with Gasteiger partial charge in [-0.15, -0.1) is 0 Å². The molecule has 0 fully saturated rings. The molecule has 1 unspecified atom stereocenters. The number of rotatable bonds is 9. The highest BCUT2D eigenvalue weighted by Gasteiger charge is 2.17. The van der Waals surface area contributed by atoms with E-state index in [1.54, 1.807) is 0 Å². The molecule has 2 atom stereocenters. The summed E-state index contributed by atoms with van der Waals surface area (Å²) in [6.45, 7) is 10.9. The van der Waals surface area contributed by atoms with Crippen molar-refractivity contribution in [1.29, 1.82) is 0 Å². The lowest BCUT2D eigenvalue weighted by Crippen LogP contribution is -3.11. The number of aryl methyl sites for hydroxylation is 1. The van der Waals surface area contributed by atoms with Crippen LogP contribution in [0, 0.1) is 19.8 Å². The van der Waals surface area contributed by atoms with Crippen LogP contribution in [-0.2, 0) is 16.0 Å². The molecule has 0 spiro atoms. The molecular weight excluding hydrogens is 374 g/mol. The first-order valence-electron chi connectivity index (χ1n) is 10.7. The van der Waals surface area contributed by atoms with E-state index in [1.807, 2.05) is 46.0 Å². The minimum Gasteiger partial charge on any atom is -0.345 e. The molecule has 0 saturated carbocycles. The highest BCUT2D eigenvalue weighted by Crippen LogP contribution is 2.17. The summed E-state index contributed by atoms with van der Waals surface area (Å²) in [5.74, 6) is 0.465. The standard InChI is InChI=1S/C25H35N3O2/c1-17(2)14-21-10-12-22(13-11-21)20(5)26-24(29)15-28(6)16-25(30)27-23-9-7-8-18(3)19(23)4/h7-13,17,20H,14-16H2,1-6H3,(H,26,29)(H,27,30)/p+1/t20-/m0/s1. The maximum absolute atomic E-state index is 12.4. The summed E-state index contributed by atoms with van der Waals surface area (Å²) in [6.07, 6.45) is 1.05. The van der Waals surface area contributed by atoms with Crippen molar-refractivity contribution >= 4 is 17.5 Å². The van der Waals surface area contributed by atoms with Crippen LogP contribution in [0.1, 0.15) is 49.1 Å². The van der Waals surface area contributed by atoms with Crippen molar-refractivity contribution in [3.05, 3.63) is 64.7 Å². The first-order chi connectivity index (χ1) is 14.2. The van der Waals surface area contributed by atoms with E-state index in [1.165, 1.54) is 5.56 Å². The Hall–Kier alpha value is -2.66. The molecule has 0 aromatic heterocycles. The monoisotopic (exact) mass is 410 g/mol. The quantitative estimate of drug-likeness (QED) is 0.595. The molecule has 0 aliphatic heterocycles. The number of hydrogen-bond donors (Lipinski definition) is 3. The van der Waals surface area contributed by atoms with Gasteiger partial charge in [0.05, 0.1) is 13.1 Å². The molecule has 0 saturated heterocycles. The Balaban J connectivity index is 1.82. The Morgan fingerprint density at radius 1 is 0.933 bits per heavy atom. The molecule has 5 nitrogen and oxygen atoms in total. The number of amides is 2. The van der Waals surface area contributed by atoms with E-state index in [4.69, 9.17) is 0 Å². The van der Waals surface area contributed by atoms with Crippen LogP contribution in [-0.4, -0.2) is 32.0 Å². The molecule has 2 rings (SSSR count). The van der Waals surface area contributed by atoms with Crippen molar-refractivity contribution in [2.24, 2.45) is 5.92 Å². The normalized spacial score (nSPS) is 13.0. The van der Waals surface area contributed by atoms with Crippen LogP contribution in [0.2, 0.25) is 0 Å². The van der Waals surface area contributed by atoms with E-state index in [-0.39, 0.29) is 30.9 Å². The van der Waals surface area contributed by atoms with Crippen LogP contribution in [0.5, 0.6) is 0 Å².